The van der Waals surface area contributed by atoms with E-state index in [-0.39, 0.29) is 18.0 Å². The second-order valence-corrected chi connectivity index (χ2v) is 6.61. The van der Waals surface area contributed by atoms with E-state index in [1.165, 1.54) is 23.5 Å². The van der Waals surface area contributed by atoms with Crippen LogP contribution >= 0.6 is 23.5 Å². The van der Waals surface area contributed by atoms with Crippen molar-refractivity contribution in [2.24, 2.45) is 0 Å². The summed E-state index contributed by atoms with van der Waals surface area (Å²) in [6, 6.07) is 6.72. The van der Waals surface area contributed by atoms with Gasteiger partial charge in [0.05, 0.1) is 18.0 Å². The Morgan fingerprint density at radius 1 is 1.14 bits per heavy atom. The van der Waals surface area contributed by atoms with Crippen molar-refractivity contribution < 1.29 is 19.1 Å². The molecule has 0 bridgehead atoms. The molecule has 1 aromatic rings. The quantitative estimate of drug-likeness (QED) is 0.273. The molecular formula is C15H16O4S2. The molecule has 0 atom stereocenters. The number of Topliss-reactive ketones (excluding diaryl/α,β-unsaturated/α-hetero) is 1. The van der Waals surface area contributed by atoms with Gasteiger partial charge in [-0.1, -0.05) is 0 Å². The Labute approximate surface area is 132 Å². The third-order valence-corrected chi connectivity index (χ3v) is 5.53. The molecule has 1 fully saturated rings. The van der Waals surface area contributed by atoms with Crippen LogP contribution in [0.4, 0.5) is 0 Å². The second kappa shape index (κ2) is 7.56. The molecule has 0 saturated carbocycles. The maximum Gasteiger partial charge on any atom is 0.343 e. The van der Waals surface area contributed by atoms with Crippen molar-refractivity contribution in [3.05, 3.63) is 39.6 Å². The van der Waals surface area contributed by atoms with Crippen LogP contribution in [0.15, 0.2) is 34.1 Å². The molecule has 1 aliphatic heterocycles. The first-order valence-corrected chi connectivity index (χ1v) is 8.50. The van der Waals surface area contributed by atoms with Crippen LogP contribution in [0, 0.1) is 0 Å². The standard InChI is InChI=1S/C15H16O4S2/c1-3-19-14(17)12(15-20-8-9-21-15)13(16)10-4-6-11(18-2)7-5-10/h4-7H,3,8-9H2,1-2H3. The van der Waals surface area contributed by atoms with Gasteiger partial charge in [0.25, 0.3) is 0 Å². The van der Waals surface area contributed by atoms with Gasteiger partial charge in [-0.25, -0.2) is 4.79 Å². The molecule has 21 heavy (non-hydrogen) atoms. The summed E-state index contributed by atoms with van der Waals surface area (Å²) < 4.78 is 10.9. The van der Waals surface area contributed by atoms with E-state index >= 15 is 0 Å². The average molecular weight is 324 g/mol. The Kier molecular flexibility index (Phi) is 5.76. The first-order valence-electron chi connectivity index (χ1n) is 6.53. The maximum atomic E-state index is 12.6. The van der Waals surface area contributed by atoms with Crippen molar-refractivity contribution in [3.8, 4) is 5.75 Å². The van der Waals surface area contributed by atoms with Crippen LogP contribution in [0.2, 0.25) is 0 Å². The Balaban J connectivity index is 2.33. The normalized spacial score (nSPS) is 13.9. The highest BCUT2D eigenvalue weighted by molar-refractivity contribution is 8.25. The van der Waals surface area contributed by atoms with Crippen molar-refractivity contribution in [2.45, 2.75) is 6.92 Å². The fraction of sp³-hybridized carbons (Fsp3) is 0.333. The molecule has 6 heteroatoms. The number of carbonyl (C=O) groups is 2. The zero-order valence-electron chi connectivity index (χ0n) is 11.9. The van der Waals surface area contributed by atoms with Gasteiger partial charge in [-0.2, -0.15) is 0 Å². The van der Waals surface area contributed by atoms with Crippen molar-refractivity contribution in [3.63, 3.8) is 0 Å². The number of ether oxygens (including phenoxy) is 2. The van der Waals surface area contributed by atoms with Gasteiger partial charge in [-0.05, 0) is 31.2 Å². The summed E-state index contributed by atoms with van der Waals surface area (Å²) in [5.41, 5.74) is 0.606. The Bertz CT molecular complexity index is 556. The lowest BCUT2D eigenvalue weighted by molar-refractivity contribution is -0.138. The van der Waals surface area contributed by atoms with Gasteiger partial charge in [0, 0.05) is 17.1 Å². The van der Waals surface area contributed by atoms with E-state index in [9.17, 15) is 9.59 Å². The minimum atomic E-state index is -0.546. The summed E-state index contributed by atoms with van der Waals surface area (Å²) in [5, 5.41) is 0. The number of rotatable bonds is 5. The number of methoxy groups -OCH3 is 1. The van der Waals surface area contributed by atoms with Crippen molar-refractivity contribution in [2.75, 3.05) is 25.2 Å². The largest absolute Gasteiger partial charge is 0.497 e. The minimum Gasteiger partial charge on any atom is -0.497 e. The number of hydrogen-bond acceptors (Lipinski definition) is 6. The summed E-state index contributed by atoms with van der Waals surface area (Å²) in [6.07, 6.45) is 0. The molecular weight excluding hydrogens is 308 g/mol. The molecule has 0 spiro atoms. The van der Waals surface area contributed by atoms with Crippen LogP contribution < -0.4 is 4.74 Å². The van der Waals surface area contributed by atoms with Gasteiger partial charge in [0.2, 0.25) is 5.78 Å². The third-order valence-electron chi connectivity index (χ3n) is 2.81. The van der Waals surface area contributed by atoms with Crippen molar-refractivity contribution in [1.82, 2.24) is 0 Å². The topological polar surface area (TPSA) is 52.6 Å². The molecule has 2 rings (SSSR count). The Morgan fingerprint density at radius 3 is 2.29 bits per heavy atom. The van der Waals surface area contributed by atoms with E-state index in [1.807, 2.05) is 0 Å². The summed E-state index contributed by atoms with van der Waals surface area (Å²) >= 11 is 3.06. The van der Waals surface area contributed by atoms with Crippen LogP contribution in [0.3, 0.4) is 0 Å². The van der Waals surface area contributed by atoms with Gasteiger partial charge < -0.3 is 9.47 Å². The first kappa shape index (κ1) is 16.0. The van der Waals surface area contributed by atoms with E-state index in [2.05, 4.69) is 0 Å². The van der Waals surface area contributed by atoms with E-state index in [0.29, 0.717) is 11.3 Å². The van der Waals surface area contributed by atoms with Gasteiger partial charge >= 0.3 is 5.97 Å². The number of carbonyl (C=O) groups excluding carboxylic acids is 2. The summed E-state index contributed by atoms with van der Waals surface area (Å²) in [4.78, 5) is 24.7. The number of benzene rings is 1. The van der Waals surface area contributed by atoms with Gasteiger partial charge in [0.15, 0.2) is 0 Å². The molecule has 1 aromatic carbocycles. The van der Waals surface area contributed by atoms with Crippen LogP contribution in [-0.4, -0.2) is 37.0 Å². The van der Waals surface area contributed by atoms with Crippen molar-refractivity contribution >= 4 is 35.3 Å². The van der Waals surface area contributed by atoms with Crippen molar-refractivity contribution in [1.29, 1.82) is 0 Å². The second-order valence-electron chi connectivity index (χ2n) is 4.14. The minimum absolute atomic E-state index is 0.148. The summed E-state index contributed by atoms with van der Waals surface area (Å²) in [7, 11) is 1.56. The fourth-order valence-electron chi connectivity index (χ4n) is 1.81. The molecule has 4 nitrogen and oxygen atoms in total. The van der Waals surface area contributed by atoms with Crippen LogP contribution in [0.5, 0.6) is 5.75 Å². The van der Waals surface area contributed by atoms with Gasteiger partial charge in [-0.3, -0.25) is 4.79 Å². The molecule has 0 amide bonds. The third kappa shape index (κ3) is 3.83. The van der Waals surface area contributed by atoms with E-state index in [0.717, 1.165) is 15.7 Å². The SMILES string of the molecule is CCOC(=O)C(C(=O)c1ccc(OC)cc1)=C1SCCS1. The summed E-state index contributed by atoms with van der Waals surface area (Å²) in [6.45, 7) is 1.98. The molecule has 1 saturated heterocycles. The molecule has 0 aromatic heterocycles. The predicted octanol–water partition coefficient (Wildman–Crippen LogP) is 3.13. The summed E-state index contributed by atoms with van der Waals surface area (Å²) in [5.74, 6) is 1.63. The highest BCUT2D eigenvalue weighted by Gasteiger charge is 2.28. The number of ketones is 1. The van der Waals surface area contributed by atoms with Gasteiger partial charge in [-0.15, -0.1) is 23.5 Å². The zero-order valence-corrected chi connectivity index (χ0v) is 13.5. The molecule has 1 aliphatic rings. The Hall–Kier alpha value is -1.40. The first-order chi connectivity index (χ1) is 10.2. The van der Waals surface area contributed by atoms with Crippen LogP contribution in [0.25, 0.3) is 0 Å². The maximum absolute atomic E-state index is 12.6. The highest BCUT2D eigenvalue weighted by atomic mass is 32.2. The smallest absolute Gasteiger partial charge is 0.343 e. The lowest BCUT2D eigenvalue weighted by Crippen LogP contribution is -2.17. The van der Waals surface area contributed by atoms with Gasteiger partial charge in [0.1, 0.15) is 11.3 Å². The van der Waals surface area contributed by atoms with E-state index < -0.39 is 5.97 Å². The highest BCUT2D eigenvalue weighted by Crippen LogP contribution is 2.39. The average Bonchev–Trinajstić information content (AvgIpc) is 3.01. The molecule has 0 unspecified atom stereocenters. The number of esters is 1. The molecule has 112 valence electrons. The monoisotopic (exact) mass is 324 g/mol. The lowest BCUT2D eigenvalue weighted by Gasteiger charge is -2.09. The Morgan fingerprint density at radius 2 is 1.76 bits per heavy atom. The van der Waals surface area contributed by atoms with E-state index in [1.54, 1.807) is 38.3 Å². The molecule has 1 heterocycles. The van der Waals surface area contributed by atoms with Crippen LogP contribution in [-0.2, 0) is 9.53 Å². The lowest BCUT2D eigenvalue weighted by atomic mass is 10.0. The number of hydrogen-bond donors (Lipinski definition) is 0. The van der Waals surface area contributed by atoms with Crippen LogP contribution in [0.1, 0.15) is 17.3 Å². The molecule has 0 N–H and O–H groups in total. The predicted molar refractivity (Wildman–Crippen MR) is 85.9 cm³/mol. The molecule has 0 radical (unpaired) electrons. The fourth-order valence-corrected chi connectivity index (χ4v) is 4.32. The van der Waals surface area contributed by atoms with E-state index in [4.69, 9.17) is 9.47 Å². The zero-order chi connectivity index (χ0) is 15.2. The molecule has 0 aliphatic carbocycles. The number of thioether (sulfide) groups is 2.